The molecule has 0 atom stereocenters. The van der Waals surface area contributed by atoms with Gasteiger partial charge < -0.3 is 15.4 Å². The molecule has 172 valence electrons. The number of aromatic nitrogens is 2. The number of carbonyl (C=O) groups is 2. The van der Waals surface area contributed by atoms with E-state index in [0.717, 1.165) is 11.3 Å². The van der Waals surface area contributed by atoms with Gasteiger partial charge in [0.1, 0.15) is 18.2 Å². The molecular weight excluding hydrogens is 479 g/mol. The molecule has 0 aliphatic carbocycles. The molecule has 2 N–H and O–H groups in total. The van der Waals surface area contributed by atoms with Crippen LogP contribution in [0.4, 0.5) is 10.1 Å². The van der Waals surface area contributed by atoms with Crippen molar-refractivity contribution in [2.24, 2.45) is 0 Å². The lowest BCUT2D eigenvalue weighted by molar-refractivity contribution is 0.0949. The summed E-state index contributed by atoms with van der Waals surface area (Å²) >= 11 is 6.95. The van der Waals surface area contributed by atoms with Crippen molar-refractivity contribution in [1.82, 2.24) is 15.5 Å². The van der Waals surface area contributed by atoms with Gasteiger partial charge in [-0.15, -0.1) is 10.2 Å². The van der Waals surface area contributed by atoms with Crippen molar-refractivity contribution >= 4 is 40.4 Å². The lowest BCUT2D eigenvalue weighted by Gasteiger charge is -2.08. The van der Waals surface area contributed by atoms with Crippen LogP contribution in [0, 0.1) is 5.82 Å². The Morgan fingerprint density at radius 1 is 0.971 bits per heavy atom. The quantitative estimate of drug-likeness (QED) is 0.354. The maximum atomic E-state index is 13.7. The lowest BCUT2D eigenvalue weighted by Crippen LogP contribution is -2.23. The molecular formula is C24H18ClFN4O3S. The number of rotatable bonds is 8. The molecule has 0 aliphatic rings. The van der Waals surface area contributed by atoms with Gasteiger partial charge in [0.15, 0.2) is 5.01 Å². The van der Waals surface area contributed by atoms with Gasteiger partial charge in [-0.1, -0.05) is 47.2 Å². The summed E-state index contributed by atoms with van der Waals surface area (Å²) in [6.07, 6.45) is 0. The minimum absolute atomic E-state index is 0.0494. The molecule has 3 aromatic carbocycles. The topological polar surface area (TPSA) is 93.2 Å². The summed E-state index contributed by atoms with van der Waals surface area (Å²) in [5, 5.41) is 14.6. The van der Waals surface area contributed by atoms with Crippen LogP contribution >= 0.6 is 22.9 Å². The van der Waals surface area contributed by atoms with Crippen LogP contribution in [0.5, 0.6) is 5.75 Å². The van der Waals surface area contributed by atoms with Crippen LogP contribution in [-0.4, -0.2) is 22.0 Å². The van der Waals surface area contributed by atoms with E-state index in [-0.39, 0.29) is 24.0 Å². The van der Waals surface area contributed by atoms with Crippen LogP contribution in [0.15, 0.2) is 72.8 Å². The third-order valence-corrected chi connectivity index (χ3v) is 5.76. The second-order valence-corrected chi connectivity index (χ2v) is 8.55. The van der Waals surface area contributed by atoms with Crippen molar-refractivity contribution in [3.63, 3.8) is 0 Å². The first kappa shape index (κ1) is 23.3. The first-order valence-electron chi connectivity index (χ1n) is 10.1. The number of amides is 2. The van der Waals surface area contributed by atoms with Crippen LogP contribution in [0.1, 0.15) is 30.7 Å². The molecule has 7 nitrogen and oxygen atoms in total. The van der Waals surface area contributed by atoms with Gasteiger partial charge >= 0.3 is 0 Å². The van der Waals surface area contributed by atoms with E-state index in [0.29, 0.717) is 32.6 Å². The number of hydrogen-bond donors (Lipinski definition) is 2. The Morgan fingerprint density at radius 3 is 2.56 bits per heavy atom. The molecule has 1 aromatic heterocycles. The first-order valence-corrected chi connectivity index (χ1v) is 11.3. The summed E-state index contributed by atoms with van der Waals surface area (Å²) in [6, 6.07) is 19.5. The average Bonchev–Trinajstić information content (AvgIpc) is 3.32. The number of nitrogens with zero attached hydrogens (tertiary/aromatic N) is 2. The van der Waals surface area contributed by atoms with Gasteiger partial charge in [0.05, 0.1) is 0 Å². The van der Waals surface area contributed by atoms with Crippen LogP contribution in [0.2, 0.25) is 5.02 Å². The molecule has 0 spiro atoms. The normalized spacial score (nSPS) is 10.5. The van der Waals surface area contributed by atoms with Gasteiger partial charge in [-0.25, -0.2) is 4.39 Å². The maximum absolute atomic E-state index is 13.7. The number of hydrogen-bond acceptors (Lipinski definition) is 6. The van der Waals surface area contributed by atoms with Gasteiger partial charge in [0.25, 0.3) is 11.8 Å². The van der Waals surface area contributed by atoms with Gasteiger partial charge in [-0.3, -0.25) is 9.59 Å². The van der Waals surface area contributed by atoms with Crippen molar-refractivity contribution in [2.75, 3.05) is 5.32 Å². The lowest BCUT2D eigenvalue weighted by atomic mass is 10.1. The predicted octanol–water partition coefficient (Wildman–Crippen LogP) is 5.09. The Hall–Kier alpha value is -3.82. The van der Waals surface area contributed by atoms with Crippen LogP contribution in [-0.2, 0) is 13.2 Å². The van der Waals surface area contributed by atoms with E-state index in [9.17, 15) is 14.0 Å². The third-order valence-electron chi connectivity index (χ3n) is 4.62. The van der Waals surface area contributed by atoms with Crippen molar-refractivity contribution in [3.8, 4) is 5.75 Å². The summed E-state index contributed by atoms with van der Waals surface area (Å²) in [7, 11) is 0. The first-order chi connectivity index (χ1) is 16.5. The van der Waals surface area contributed by atoms with Gasteiger partial charge in [-0.2, -0.15) is 0 Å². The monoisotopic (exact) mass is 496 g/mol. The van der Waals surface area contributed by atoms with Gasteiger partial charge in [-0.05, 0) is 48.5 Å². The molecule has 34 heavy (non-hydrogen) atoms. The molecule has 4 aromatic rings. The van der Waals surface area contributed by atoms with Crippen molar-refractivity contribution in [3.05, 3.63) is 105 Å². The molecule has 0 aliphatic heterocycles. The largest absolute Gasteiger partial charge is 0.486 e. The SMILES string of the molecule is O=C(NCc1ccccc1F)c1cccc(NC(=O)c2nnc(COc3ccc(Cl)cc3)s2)c1. The molecule has 10 heteroatoms. The Kier molecular flexibility index (Phi) is 7.46. The second kappa shape index (κ2) is 10.9. The maximum Gasteiger partial charge on any atom is 0.286 e. The van der Waals surface area contributed by atoms with Crippen LogP contribution in [0.3, 0.4) is 0 Å². The Labute approximate surface area is 203 Å². The molecule has 0 unspecified atom stereocenters. The van der Waals surface area contributed by atoms with E-state index in [1.54, 1.807) is 60.7 Å². The molecule has 0 bridgehead atoms. The minimum Gasteiger partial charge on any atom is -0.486 e. The number of anilines is 1. The third kappa shape index (κ3) is 6.15. The van der Waals surface area contributed by atoms with E-state index in [2.05, 4.69) is 20.8 Å². The highest BCUT2D eigenvalue weighted by Crippen LogP contribution is 2.19. The Morgan fingerprint density at radius 2 is 1.76 bits per heavy atom. The molecule has 0 saturated heterocycles. The van der Waals surface area contributed by atoms with Crippen molar-refractivity contribution in [1.29, 1.82) is 0 Å². The fraction of sp³-hybridized carbons (Fsp3) is 0.0833. The molecule has 2 amide bonds. The highest BCUT2D eigenvalue weighted by molar-refractivity contribution is 7.13. The number of carbonyl (C=O) groups excluding carboxylic acids is 2. The van der Waals surface area contributed by atoms with Gasteiger partial charge in [0, 0.05) is 28.4 Å². The predicted molar refractivity (Wildman–Crippen MR) is 128 cm³/mol. The van der Waals surface area contributed by atoms with Crippen LogP contribution in [0.25, 0.3) is 0 Å². The molecule has 0 saturated carbocycles. The van der Waals surface area contributed by atoms with Crippen LogP contribution < -0.4 is 15.4 Å². The highest BCUT2D eigenvalue weighted by Gasteiger charge is 2.15. The summed E-state index contributed by atoms with van der Waals surface area (Å²) in [4.78, 5) is 25.0. The fourth-order valence-corrected chi connectivity index (χ4v) is 3.70. The zero-order valence-corrected chi connectivity index (χ0v) is 19.2. The smallest absolute Gasteiger partial charge is 0.286 e. The van der Waals surface area contributed by atoms with E-state index in [4.69, 9.17) is 16.3 Å². The minimum atomic E-state index is -0.459. The summed E-state index contributed by atoms with van der Waals surface area (Å²) in [5.74, 6) is -0.620. The second-order valence-electron chi connectivity index (χ2n) is 7.05. The fourth-order valence-electron chi connectivity index (χ4n) is 2.92. The number of nitrogens with one attached hydrogen (secondary N) is 2. The summed E-state index contributed by atoms with van der Waals surface area (Å²) < 4.78 is 19.4. The highest BCUT2D eigenvalue weighted by atomic mass is 35.5. The number of halogens is 2. The van der Waals surface area contributed by atoms with Crippen molar-refractivity contribution in [2.45, 2.75) is 13.2 Å². The molecule has 0 fully saturated rings. The zero-order chi connectivity index (χ0) is 23.9. The van der Waals surface area contributed by atoms with E-state index >= 15 is 0 Å². The molecule has 1 heterocycles. The zero-order valence-electron chi connectivity index (χ0n) is 17.6. The van der Waals surface area contributed by atoms with E-state index in [1.807, 2.05) is 0 Å². The summed E-state index contributed by atoms with van der Waals surface area (Å²) in [5.41, 5.74) is 1.12. The van der Waals surface area contributed by atoms with Gasteiger partial charge in [0.2, 0.25) is 5.01 Å². The average molecular weight is 497 g/mol. The molecule has 4 rings (SSSR count). The number of benzene rings is 3. The molecule has 0 radical (unpaired) electrons. The summed E-state index contributed by atoms with van der Waals surface area (Å²) in [6.45, 7) is 0.206. The Balaban J connectivity index is 1.33. The van der Waals surface area contributed by atoms with Crippen molar-refractivity contribution < 1.29 is 18.7 Å². The number of ether oxygens (including phenoxy) is 1. The Bertz CT molecular complexity index is 1310. The van der Waals surface area contributed by atoms with E-state index in [1.165, 1.54) is 12.1 Å². The van der Waals surface area contributed by atoms with E-state index < -0.39 is 11.8 Å². The standard InChI is InChI=1S/C24H18ClFN4O3S/c25-17-8-10-19(11-9-17)33-14-21-29-30-24(34-21)23(32)28-18-6-3-5-15(12-18)22(31)27-13-16-4-1-2-7-20(16)26/h1-12H,13-14H2,(H,27,31)(H,28,32).